The van der Waals surface area contributed by atoms with Crippen molar-refractivity contribution in [2.75, 3.05) is 17.2 Å². The summed E-state index contributed by atoms with van der Waals surface area (Å²) in [5.74, 6) is 3.39. The number of aromatic nitrogens is 2. The Morgan fingerprint density at radius 3 is 3.06 bits per heavy atom. The molecule has 2 aromatic rings. The molecule has 0 fully saturated rings. The monoisotopic (exact) mass is 261 g/mol. The molecule has 0 bridgehead atoms. The molecule has 0 spiro atoms. The minimum atomic E-state index is 0.781. The molecular formula is C14H19N3S. The molecule has 18 heavy (non-hydrogen) atoms. The molecule has 3 nitrogen and oxygen atoms in total. The number of rotatable bonds is 6. The van der Waals surface area contributed by atoms with E-state index in [1.165, 1.54) is 17.9 Å². The summed E-state index contributed by atoms with van der Waals surface area (Å²) in [7, 11) is 0. The van der Waals surface area contributed by atoms with Crippen LogP contribution in [0.15, 0.2) is 36.7 Å². The highest BCUT2D eigenvalue weighted by atomic mass is 32.2. The van der Waals surface area contributed by atoms with Gasteiger partial charge in [-0.05, 0) is 30.1 Å². The van der Waals surface area contributed by atoms with Crippen LogP contribution in [0.3, 0.4) is 0 Å². The van der Waals surface area contributed by atoms with Crippen LogP contribution in [0, 0.1) is 0 Å². The molecular weight excluding hydrogens is 242 g/mol. The van der Waals surface area contributed by atoms with Crippen LogP contribution in [0.4, 0.5) is 5.69 Å². The lowest BCUT2D eigenvalue weighted by atomic mass is 10.2. The molecule has 2 rings (SSSR count). The van der Waals surface area contributed by atoms with Gasteiger partial charge in [0, 0.05) is 30.2 Å². The maximum absolute atomic E-state index is 5.81. The molecule has 0 atom stereocenters. The quantitative estimate of drug-likeness (QED) is 0.641. The van der Waals surface area contributed by atoms with E-state index in [-0.39, 0.29) is 0 Å². The number of hydrogen-bond acceptors (Lipinski definition) is 3. The smallest absolute Gasteiger partial charge is 0.139 e. The van der Waals surface area contributed by atoms with Crippen molar-refractivity contribution >= 4 is 17.4 Å². The van der Waals surface area contributed by atoms with Gasteiger partial charge in [0.25, 0.3) is 0 Å². The van der Waals surface area contributed by atoms with Gasteiger partial charge in [0.1, 0.15) is 5.82 Å². The van der Waals surface area contributed by atoms with Crippen molar-refractivity contribution in [1.82, 2.24) is 9.55 Å². The van der Waals surface area contributed by atoms with E-state index in [0.29, 0.717) is 0 Å². The molecule has 0 amide bonds. The molecule has 0 saturated heterocycles. The van der Waals surface area contributed by atoms with E-state index < -0.39 is 0 Å². The second-order valence-electron chi connectivity index (χ2n) is 4.12. The van der Waals surface area contributed by atoms with E-state index in [1.54, 1.807) is 0 Å². The van der Waals surface area contributed by atoms with Crippen LogP contribution in [0.25, 0.3) is 11.4 Å². The molecule has 1 heterocycles. The van der Waals surface area contributed by atoms with E-state index >= 15 is 0 Å². The van der Waals surface area contributed by atoms with Gasteiger partial charge in [-0.1, -0.05) is 19.1 Å². The molecule has 2 N–H and O–H groups in total. The van der Waals surface area contributed by atoms with Crippen LogP contribution in [0.5, 0.6) is 0 Å². The molecule has 0 unspecified atom stereocenters. The SMILES string of the molecule is CCSCCCn1ccnc1-c1cccc(N)c1. The van der Waals surface area contributed by atoms with E-state index in [0.717, 1.165) is 23.6 Å². The first kappa shape index (κ1) is 13.0. The zero-order chi connectivity index (χ0) is 12.8. The zero-order valence-corrected chi connectivity index (χ0v) is 11.5. The predicted molar refractivity (Wildman–Crippen MR) is 79.7 cm³/mol. The molecule has 0 aliphatic carbocycles. The van der Waals surface area contributed by atoms with Crippen molar-refractivity contribution in [3.05, 3.63) is 36.7 Å². The number of aryl methyl sites for hydroxylation is 1. The summed E-state index contributed by atoms with van der Waals surface area (Å²) in [6, 6.07) is 7.89. The standard InChI is InChI=1S/C14H19N3S/c1-2-18-10-4-8-17-9-7-16-14(17)12-5-3-6-13(15)11-12/h3,5-7,9,11H,2,4,8,10,15H2,1H3. The van der Waals surface area contributed by atoms with Crippen LogP contribution in [-0.4, -0.2) is 21.1 Å². The fraction of sp³-hybridized carbons (Fsp3) is 0.357. The number of nitrogens with zero attached hydrogens (tertiary/aromatic N) is 2. The fourth-order valence-corrected chi connectivity index (χ4v) is 2.53. The molecule has 0 aliphatic rings. The summed E-state index contributed by atoms with van der Waals surface area (Å²) in [5, 5.41) is 0. The summed E-state index contributed by atoms with van der Waals surface area (Å²) in [6.45, 7) is 3.21. The molecule has 0 saturated carbocycles. The Bertz CT molecular complexity index is 493. The third-order valence-corrected chi connectivity index (χ3v) is 3.74. The lowest BCUT2D eigenvalue weighted by molar-refractivity contribution is 0.690. The third kappa shape index (κ3) is 3.29. The molecule has 0 radical (unpaired) electrons. The average molecular weight is 261 g/mol. The Balaban J connectivity index is 2.08. The average Bonchev–Trinajstić information content (AvgIpc) is 2.83. The molecule has 1 aromatic heterocycles. The maximum atomic E-state index is 5.81. The zero-order valence-electron chi connectivity index (χ0n) is 10.7. The fourth-order valence-electron chi connectivity index (χ4n) is 1.91. The Labute approximate surface area is 112 Å². The largest absolute Gasteiger partial charge is 0.399 e. The van der Waals surface area contributed by atoms with Gasteiger partial charge in [0.2, 0.25) is 0 Å². The lowest BCUT2D eigenvalue weighted by Gasteiger charge is -2.08. The number of benzene rings is 1. The van der Waals surface area contributed by atoms with Crippen LogP contribution in [-0.2, 0) is 6.54 Å². The summed E-state index contributed by atoms with van der Waals surface area (Å²) >= 11 is 1.98. The number of thioether (sulfide) groups is 1. The summed E-state index contributed by atoms with van der Waals surface area (Å²) in [5.41, 5.74) is 7.68. The Kier molecular flexibility index (Phi) is 4.70. The number of hydrogen-bond donors (Lipinski definition) is 1. The van der Waals surface area contributed by atoms with Crippen molar-refractivity contribution < 1.29 is 0 Å². The van der Waals surface area contributed by atoms with Gasteiger partial charge in [-0.25, -0.2) is 4.98 Å². The van der Waals surface area contributed by atoms with Gasteiger partial charge in [-0.3, -0.25) is 0 Å². The van der Waals surface area contributed by atoms with E-state index in [4.69, 9.17) is 5.73 Å². The molecule has 96 valence electrons. The van der Waals surface area contributed by atoms with Gasteiger partial charge < -0.3 is 10.3 Å². The van der Waals surface area contributed by atoms with Crippen molar-refractivity contribution in [3.63, 3.8) is 0 Å². The maximum Gasteiger partial charge on any atom is 0.139 e. The van der Waals surface area contributed by atoms with Gasteiger partial charge in [0.15, 0.2) is 0 Å². The van der Waals surface area contributed by atoms with Gasteiger partial charge in [-0.2, -0.15) is 11.8 Å². The summed E-state index contributed by atoms with van der Waals surface area (Å²) in [4.78, 5) is 4.43. The van der Waals surface area contributed by atoms with Gasteiger partial charge in [-0.15, -0.1) is 0 Å². The highest BCUT2D eigenvalue weighted by molar-refractivity contribution is 7.99. The van der Waals surface area contributed by atoms with Crippen molar-refractivity contribution in [2.45, 2.75) is 19.9 Å². The molecule has 0 aliphatic heterocycles. The van der Waals surface area contributed by atoms with E-state index in [2.05, 4.69) is 22.5 Å². The highest BCUT2D eigenvalue weighted by Gasteiger charge is 2.05. The normalized spacial score (nSPS) is 10.7. The minimum absolute atomic E-state index is 0.781. The van der Waals surface area contributed by atoms with Crippen LogP contribution < -0.4 is 5.73 Å². The first-order valence-corrected chi connectivity index (χ1v) is 7.41. The van der Waals surface area contributed by atoms with Crippen molar-refractivity contribution in [2.24, 2.45) is 0 Å². The summed E-state index contributed by atoms with van der Waals surface area (Å²) < 4.78 is 2.20. The van der Waals surface area contributed by atoms with Gasteiger partial charge >= 0.3 is 0 Å². The van der Waals surface area contributed by atoms with Crippen molar-refractivity contribution in [3.8, 4) is 11.4 Å². The first-order valence-electron chi connectivity index (χ1n) is 6.26. The lowest BCUT2D eigenvalue weighted by Crippen LogP contribution is -2.01. The van der Waals surface area contributed by atoms with E-state index in [9.17, 15) is 0 Å². The first-order chi connectivity index (χ1) is 8.81. The van der Waals surface area contributed by atoms with Gasteiger partial charge in [0.05, 0.1) is 0 Å². The number of imidazole rings is 1. The summed E-state index contributed by atoms with van der Waals surface area (Å²) in [6.07, 6.45) is 5.06. The molecule has 1 aromatic carbocycles. The van der Waals surface area contributed by atoms with E-state index in [1.807, 2.05) is 42.4 Å². The Hall–Kier alpha value is -1.42. The van der Waals surface area contributed by atoms with Crippen LogP contribution in [0.2, 0.25) is 0 Å². The van der Waals surface area contributed by atoms with Crippen molar-refractivity contribution in [1.29, 1.82) is 0 Å². The topological polar surface area (TPSA) is 43.8 Å². The number of nitrogen functional groups attached to an aromatic ring is 1. The Morgan fingerprint density at radius 2 is 2.28 bits per heavy atom. The Morgan fingerprint density at radius 1 is 1.39 bits per heavy atom. The number of anilines is 1. The van der Waals surface area contributed by atoms with Crippen LogP contribution >= 0.6 is 11.8 Å². The number of nitrogens with two attached hydrogens (primary N) is 1. The second kappa shape index (κ2) is 6.50. The third-order valence-electron chi connectivity index (χ3n) is 2.75. The minimum Gasteiger partial charge on any atom is -0.399 e. The second-order valence-corrected chi connectivity index (χ2v) is 5.51. The predicted octanol–water partition coefficient (Wildman–Crippen LogP) is 3.28. The highest BCUT2D eigenvalue weighted by Crippen LogP contribution is 2.20. The van der Waals surface area contributed by atoms with Crippen LogP contribution in [0.1, 0.15) is 13.3 Å². The molecule has 4 heteroatoms.